The monoisotopic (exact) mass is 434 g/mol. The molecule has 0 bridgehead atoms. The van der Waals surface area contributed by atoms with Gasteiger partial charge in [0.2, 0.25) is 0 Å². The van der Waals surface area contributed by atoms with E-state index in [0.29, 0.717) is 16.7 Å². The number of fused-ring (bicyclic) bond motifs is 2. The van der Waals surface area contributed by atoms with E-state index in [-0.39, 0.29) is 30.6 Å². The molecule has 1 aliphatic rings. The molecule has 0 saturated heterocycles. The highest BCUT2D eigenvalue weighted by Crippen LogP contribution is 2.32. The maximum Gasteiger partial charge on any atom is 0.264 e. The standard InChI is InChI=1S/C24H23FN4O3/c25-17-8-10-18(11-9-17)29-23-21(12-27-29)24(31)28(15-26-23)13-19(30)14-32-22-7-3-5-16-4-1-2-6-20(16)22/h1-2,4,6,8-12,15,19,22,30H,3,5,7,13-14H2/t19-,22-/m1/s1. The minimum atomic E-state index is -0.854. The van der Waals surface area contributed by atoms with Crippen molar-refractivity contribution in [1.29, 1.82) is 0 Å². The highest BCUT2D eigenvalue weighted by molar-refractivity contribution is 5.74. The molecule has 0 spiro atoms. The Bertz CT molecular complexity index is 1300. The van der Waals surface area contributed by atoms with Crippen molar-refractivity contribution in [2.45, 2.75) is 38.0 Å². The van der Waals surface area contributed by atoms with Crippen LogP contribution in [0, 0.1) is 5.82 Å². The van der Waals surface area contributed by atoms with E-state index in [1.807, 2.05) is 12.1 Å². The number of halogens is 1. The van der Waals surface area contributed by atoms with Gasteiger partial charge in [-0.15, -0.1) is 0 Å². The molecule has 0 saturated carbocycles. The second-order valence-electron chi connectivity index (χ2n) is 8.04. The lowest BCUT2D eigenvalue weighted by atomic mass is 9.89. The zero-order valence-electron chi connectivity index (χ0n) is 17.4. The fraction of sp³-hybridized carbons (Fsp3) is 0.292. The third-order valence-corrected chi connectivity index (χ3v) is 5.84. The Labute approximate surface area is 183 Å². The first-order chi connectivity index (χ1) is 15.6. The number of aliphatic hydroxyl groups excluding tert-OH is 1. The number of hydrogen-bond acceptors (Lipinski definition) is 5. The zero-order valence-corrected chi connectivity index (χ0v) is 17.4. The smallest absolute Gasteiger partial charge is 0.264 e. The Balaban J connectivity index is 1.30. The summed E-state index contributed by atoms with van der Waals surface area (Å²) in [6, 6.07) is 14.0. The van der Waals surface area contributed by atoms with Crippen molar-refractivity contribution in [3.8, 4) is 5.69 Å². The zero-order chi connectivity index (χ0) is 22.1. The Morgan fingerprint density at radius 2 is 2.00 bits per heavy atom. The summed E-state index contributed by atoms with van der Waals surface area (Å²) >= 11 is 0. The third kappa shape index (κ3) is 3.94. The van der Waals surface area contributed by atoms with Crippen molar-refractivity contribution in [2.24, 2.45) is 0 Å². The van der Waals surface area contributed by atoms with E-state index in [1.165, 1.54) is 45.0 Å². The molecule has 4 aromatic rings. The average molecular weight is 434 g/mol. The molecular weight excluding hydrogens is 411 g/mol. The van der Waals surface area contributed by atoms with Crippen molar-refractivity contribution >= 4 is 11.0 Å². The van der Waals surface area contributed by atoms with Gasteiger partial charge in [-0.05, 0) is 54.7 Å². The second-order valence-corrected chi connectivity index (χ2v) is 8.04. The molecule has 5 rings (SSSR count). The number of nitrogens with zero attached hydrogens (tertiary/aromatic N) is 4. The highest BCUT2D eigenvalue weighted by Gasteiger charge is 2.22. The van der Waals surface area contributed by atoms with Gasteiger partial charge in [-0.2, -0.15) is 5.10 Å². The van der Waals surface area contributed by atoms with E-state index in [0.717, 1.165) is 19.3 Å². The summed E-state index contributed by atoms with van der Waals surface area (Å²) in [5, 5.41) is 15.1. The topological polar surface area (TPSA) is 82.2 Å². The minimum absolute atomic E-state index is 0.0409. The number of rotatable bonds is 6. The molecular formula is C24H23FN4O3. The normalized spacial score (nSPS) is 16.8. The van der Waals surface area contributed by atoms with Gasteiger partial charge in [0.15, 0.2) is 5.65 Å². The van der Waals surface area contributed by atoms with E-state index in [1.54, 1.807) is 12.1 Å². The molecule has 0 radical (unpaired) electrons. The van der Waals surface area contributed by atoms with Crippen LogP contribution in [0.25, 0.3) is 16.7 Å². The molecule has 7 nitrogen and oxygen atoms in total. The number of hydrogen-bond donors (Lipinski definition) is 1. The van der Waals surface area contributed by atoms with Gasteiger partial charge < -0.3 is 9.84 Å². The summed E-state index contributed by atoms with van der Waals surface area (Å²) in [6.45, 7) is 0.191. The predicted molar refractivity (Wildman–Crippen MR) is 117 cm³/mol. The lowest BCUT2D eigenvalue weighted by Gasteiger charge is -2.26. The SMILES string of the molecule is O=c1c2cnn(-c3ccc(F)cc3)c2ncn1C[C@@H](O)CO[C@@H]1CCCc2ccccc21. The summed E-state index contributed by atoms with van der Waals surface area (Å²) in [5.41, 5.74) is 3.15. The summed E-state index contributed by atoms with van der Waals surface area (Å²) in [4.78, 5) is 17.2. The van der Waals surface area contributed by atoms with Crippen LogP contribution in [0.5, 0.6) is 0 Å². The first-order valence-electron chi connectivity index (χ1n) is 10.7. The van der Waals surface area contributed by atoms with Gasteiger partial charge in [0.05, 0.1) is 37.2 Å². The van der Waals surface area contributed by atoms with Crippen LogP contribution in [0.2, 0.25) is 0 Å². The molecule has 164 valence electrons. The molecule has 0 unspecified atom stereocenters. The molecule has 2 atom stereocenters. The number of ether oxygens (including phenoxy) is 1. The molecule has 0 fully saturated rings. The Morgan fingerprint density at radius 3 is 2.84 bits per heavy atom. The van der Waals surface area contributed by atoms with Gasteiger partial charge in [0.1, 0.15) is 17.5 Å². The quantitative estimate of drug-likeness (QED) is 0.504. The number of aliphatic hydroxyl groups is 1. The maximum atomic E-state index is 13.2. The Kier molecular flexibility index (Phi) is 5.55. The van der Waals surface area contributed by atoms with Gasteiger partial charge in [-0.25, -0.2) is 14.1 Å². The molecule has 0 amide bonds. The molecule has 1 aliphatic carbocycles. The molecule has 32 heavy (non-hydrogen) atoms. The van der Waals surface area contributed by atoms with E-state index in [9.17, 15) is 14.3 Å². The lowest BCUT2D eigenvalue weighted by Crippen LogP contribution is -2.30. The van der Waals surface area contributed by atoms with Gasteiger partial charge in [-0.1, -0.05) is 24.3 Å². The van der Waals surface area contributed by atoms with Crippen LogP contribution in [-0.2, 0) is 17.7 Å². The first kappa shape index (κ1) is 20.5. The summed E-state index contributed by atoms with van der Waals surface area (Å²) in [5.74, 6) is -0.353. The molecule has 8 heteroatoms. The summed E-state index contributed by atoms with van der Waals surface area (Å²) < 4.78 is 22.1. The van der Waals surface area contributed by atoms with Crippen molar-refractivity contribution in [1.82, 2.24) is 19.3 Å². The largest absolute Gasteiger partial charge is 0.389 e. The first-order valence-corrected chi connectivity index (χ1v) is 10.7. The van der Waals surface area contributed by atoms with Crippen LogP contribution < -0.4 is 5.56 Å². The van der Waals surface area contributed by atoms with Crippen LogP contribution in [0.3, 0.4) is 0 Å². The van der Waals surface area contributed by atoms with Crippen molar-refractivity contribution < 1.29 is 14.2 Å². The number of aromatic nitrogens is 4. The van der Waals surface area contributed by atoms with Crippen LogP contribution in [0.15, 0.2) is 65.8 Å². The highest BCUT2D eigenvalue weighted by atomic mass is 19.1. The van der Waals surface area contributed by atoms with Gasteiger partial charge in [-0.3, -0.25) is 9.36 Å². The van der Waals surface area contributed by atoms with Gasteiger partial charge >= 0.3 is 0 Å². The molecule has 0 aliphatic heterocycles. The molecule has 1 N–H and O–H groups in total. The van der Waals surface area contributed by atoms with Gasteiger partial charge in [0, 0.05) is 0 Å². The summed E-state index contributed by atoms with van der Waals surface area (Å²) in [6.07, 6.45) is 4.95. The number of benzene rings is 2. The van der Waals surface area contributed by atoms with Crippen LogP contribution in [0.1, 0.15) is 30.1 Å². The lowest BCUT2D eigenvalue weighted by molar-refractivity contribution is -0.0228. The molecule has 2 aromatic heterocycles. The minimum Gasteiger partial charge on any atom is -0.389 e. The average Bonchev–Trinajstić information content (AvgIpc) is 3.25. The molecule has 2 heterocycles. The number of aryl methyl sites for hydroxylation is 1. The van der Waals surface area contributed by atoms with E-state index >= 15 is 0 Å². The fourth-order valence-electron chi connectivity index (χ4n) is 4.24. The van der Waals surface area contributed by atoms with E-state index < -0.39 is 6.10 Å². The Hall–Kier alpha value is -3.36. The Morgan fingerprint density at radius 1 is 1.19 bits per heavy atom. The third-order valence-electron chi connectivity index (χ3n) is 5.84. The van der Waals surface area contributed by atoms with Crippen molar-refractivity contribution in [3.63, 3.8) is 0 Å². The second kappa shape index (κ2) is 8.64. The molecule has 2 aromatic carbocycles. The van der Waals surface area contributed by atoms with Crippen LogP contribution in [-0.4, -0.2) is 37.1 Å². The predicted octanol–water partition coefficient (Wildman–Crippen LogP) is 3.18. The fourth-order valence-corrected chi connectivity index (χ4v) is 4.24. The summed E-state index contributed by atoms with van der Waals surface area (Å²) in [7, 11) is 0. The van der Waals surface area contributed by atoms with Crippen LogP contribution >= 0.6 is 0 Å². The van der Waals surface area contributed by atoms with E-state index in [2.05, 4.69) is 22.2 Å². The van der Waals surface area contributed by atoms with Gasteiger partial charge in [0.25, 0.3) is 5.56 Å². The maximum absolute atomic E-state index is 13.2. The van der Waals surface area contributed by atoms with Crippen molar-refractivity contribution in [2.75, 3.05) is 6.61 Å². The van der Waals surface area contributed by atoms with E-state index in [4.69, 9.17) is 4.74 Å². The van der Waals surface area contributed by atoms with Crippen LogP contribution in [0.4, 0.5) is 4.39 Å². The van der Waals surface area contributed by atoms with Crippen molar-refractivity contribution in [3.05, 3.63) is 88.4 Å².